The van der Waals surface area contributed by atoms with E-state index in [-0.39, 0.29) is 18.0 Å². The number of carbonyl (C=O) groups excluding carboxylic acids is 2. The van der Waals surface area contributed by atoms with Crippen molar-refractivity contribution in [3.05, 3.63) is 112 Å². The highest BCUT2D eigenvalue weighted by molar-refractivity contribution is 6.31. The SMILES string of the molecule is Cc1nnc(-c2ccc(N3C(=O)C4C[C@@H](C)N(C(=O)c5ccc(Cl)c(C(F)(F)F)c5)CC4n4ncc(Cc5ccccc5)c43)cc2)[nH]1. The first-order valence-electron chi connectivity index (χ1n) is 15.1. The number of likely N-dealkylation sites (tertiary alicyclic amines) is 1. The number of anilines is 2. The van der Waals surface area contributed by atoms with Gasteiger partial charge in [-0.25, -0.2) is 4.68 Å². The Balaban J connectivity index is 1.27. The molecule has 2 aliphatic rings. The minimum atomic E-state index is -4.71. The molecular formula is C34H29ClF3N7O2. The average Bonchev–Trinajstić information content (AvgIpc) is 3.67. The smallest absolute Gasteiger partial charge is 0.334 e. The van der Waals surface area contributed by atoms with E-state index in [1.807, 2.05) is 61.5 Å². The van der Waals surface area contributed by atoms with Crippen LogP contribution in [-0.4, -0.2) is 54.3 Å². The van der Waals surface area contributed by atoms with Crippen molar-refractivity contribution >= 4 is 34.9 Å². The predicted molar refractivity (Wildman–Crippen MR) is 169 cm³/mol. The molecule has 7 rings (SSSR count). The second-order valence-electron chi connectivity index (χ2n) is 12.0. The zero-order chi connectivity index (χ0) is 33.0. The number of alkyl halides is 3. The number of H-pyrrole nitrogens is 1. The molecule has 240 valence electrons. The van der Waals surface area contributed by atoms with Crippen LogP contribution in [0.4, 0.5) is 24.7 Å². The van der Waals surface area contributed by atoms with Gasteiger partial charge in [0.2, 0.25) is 5.91 Å². The van der Waals surface area contributed by atoms with E-state index in [1.54, 1.807) is 22.7 Å². The van der Waals surface area contributed by atoms with Crippen LogP contribution in [0.25, 0.3) is 11.4 Å². The van der Waals surface area contributed by atoms with E-state index in [1.165, 1.54) is 11.0 Å². The van der Waals surface area contributed by atoms with Gasteiger partial charge in [0.05, 0.1) is 34.4 Å². The molecule has 3 aromatic carbocycles. The van der Waals surface area contributed by atoms with E-state index in [2.05, 4.69) is 15.2 Å². The van der Waals surface area contributed by atoms with Gasteiger partial charge in [0.25, 0.3) is 5.91 Å². The van der Waals surface area contributed by atoms with Gasteiger partial charge in [0.15, 0.2) is 5.82 Å². The summed E-state index contributed by atoms with van der Waals surface area (Å²) in [5, 5.41) is 12.5. The predicted octanol–water partition coefficient (Wildman–Crippen LogP) is 7.01. The molecule has 2 aromatic heterocycles. The number of rotatable bonds is 5. The van der Waals surface area contributed by atoms with Gasteiger partial charge in [-0.15, -0.1) is 10.2 Å². The first-order valence-corrected chi connectivity index (χ1v) is 15.5. The molecule has 2 amide bonds. The van der Waals surface area contributed by atoms with Gasteiger partial charge in [-0.1, -0.05) is 41.9 Å². The second-order valence-corrected chi connectivity index (χ2v) is 12.4. The van der Waals surface area contributed by atoms with E-state index in [0.29, 0.717) is 36.0 Å². The van der Waals surface area contributed by atoms with Crippen LogP contribution >= 0.6 is 11.6 Å². The number of fused-ring (bicyclic) bond motifs is 3. The molecule has 1 saturated heterocycles. The average molecular weight is 660 g/mol. The van der Waals surface area contributed by atoms with Crippen LogP contribution in [0.15, 0.2) is 79.0 Å². The number of hydrogen-bond donors (Lipinski definition) is 1. The summed E-state index contributed by atoms with van der Waals surface area (Å²) in [6.07, 6.45) is -2.16. The van der Waals surface area contributed by atoms with Crippen LogP contribution in [0.2, 0.25) is 5.02 Å². The molecule has 1 N–H and O–H groups in total. The molecular weight excluding hydrogens is 631 g/mol. The molecule has 0 spiro atoms. The van der Waals surface area contributed by atoms with Crippen LogP contribution in [0.5, 0.6) is 0 Å². The van der Waals surface area contributed by atoms with Crippen LogP contribution in [-0.2, 0) is 17.4 Å². The number of aryl methyl sites for hydroxylation is 1. The van der Waals surface area contributed by atoms with Gasteiger partial charge in [-0.2, -0.15) is 18.3 Å². The zero-order valence-corrected chi connectivity index (χ0v) is 26.1. The molecule has 9 nitrogen and oxygen atoms in total. The quantitative estimate of drug-likeness (QED) is 0.219. The molecule has 1 fully saturated rings. The van der Waals surface area contributed by atoms with Crippen LogP contribution in [0, 0.1) is 12.8 Å². The van der Waals surface area contributed by atoms with Crippen molar-refractivity contribution in [1.29, 1.82) is 0 Å². The molecule has 13 heteroatoms. The number of nitrogens with one attached hydrogen (secondary N) is 1. The number of benzene rings is 3. The van der Waals surface area contributed by atoms with Crippen molar-refractivity contribution in [2.45, 2.75) is 44.9 Å². The highest BCUT2D eigenvalue weighted by Gasteiger charge is 2.48. The summed E-state index contributed by atoms with van der Waals surface area (Å²) in [6, 6.07) is 19.5. The molecule has 5 aromatic rings. The monoisotopic (exact) mass is 659 g/mol. The number of piperidine rings is 1. The standard InChI is InChI=1S/C34H29ClF3N7O2/c1-19-14-26-29(18-43(19)32(46)23-10-13-28(35)27(16-23)34(36,37)38)45-31(24(17-39-45)15-21-6-4-3-5-7-21)44(33(26)47)25-11-8-22(9-12-25)30-40-20(2)41-42-30/h3-13,16-17,19,26,29H,14-15,18H2,1-2H3,(H,40,41,42)/t19-,26?,29?/m1/s1. The van der Waals surface area contributed by atoms with Crippen molar-refractivity contribution in [1.82, 2.24) is 29.9 Å². The molecule has 3 atom stereocenters. The first-order chi connectivity index (χ1) is 22.5. The van der Waals surface area contributed by atoms with E-state index >= 15 is 0 Å². The lowest BCUT2D eigenvalue weighted by atomic mass is 9.84. The van der Waals surface area contributed by atoms with Crippen LogP contribution in [0.1, 0.15) is 52.3 Å². The van der Waals surface area contributed by atoms with Crippen LogP contribution in [0.3, 0.4) is 0 Å². The molecule has 0 bridgehead atoms. The summed E-state index contributed by atoms with van der Waals surface area (Å²) < 4.78 is 42.6. The summed E-state index contributed by atoms with van der Waals surface area (Å²) in [5.41, 5.74) is 2.12. The Labute approximate surface area is 273 Å². The number of aromatic nitrogens is 5. The summed E-state index contributed by atoms with van der Waals surface area (Å²) in [6.45, 7) is 3.72. The fourth-order valence-electron chi connectivity index (χ4n) is 6.58. The van der Waals surface area contributed by atoms with Crippen molar-refractivity contribution < 1.29 is 22.8 Å². The second kappa shape index (κ2) is 11.7. The third-order valence-corrected chi connectivity index (χ3v) is 9.23. The number of nitrogens with zero attached hydrogens (tertiary/aromatic N) is 6. The highest BCUT2D eigenvalue weighted by Crippen LogP contribution is 2.45. The normalized spacial score (nSPS) is 19.4. The first kappa shape index (κ1) is 30.7. The maximum atomic E-state index is 14.5. The summed E-state index contributed by atoms with van der Waals surface area (Å²) in [4.78, 5) is 34.6. The molecule has 0 radical (unpaired) electrons. The van der Waals surface area contributed by atoms with Crippen molar-refractivity contribution in [3.63, 3.8) is 0 Å². The van der Waals surface area contributed by atoms with Crippen molar-refractivity contribution in [2.24, 2.45) is 5.92 Å². The van der Waals surface area contributed by atoms with E-state index < -0.39 is 40.7 Å². The highest BCUT2D eigenvalue weighted by atomic mass is 35.5. The maximum absolute atomic E-state index is 14.5. The summed E-state index contributed by atoms with van der Waals surface area (Å²) in [7, 11) is 0. The molecule has 0 aliphatic carbocycles. The third-order valence-electron chi connectivity index (χ3n) is 8.90. The number of hydrogen-bond acceptors (Lipinski definition) is 5. The van der Waals surface area contributed by atoms with E-state index in [0.717, 1.165) is 28.8 Å². The van der Waals surface area contributed by atoms with Gasteiger partial charge >= 0.3 is 6.18 Å². The van der Waals surface area contributed by atoms with E-state index in [9.17, 15) is 22.8 Å². The van der Waals surface area contributed by atoms with Crippen molar-refractivity contribution in [3.8, 4) is 11.4 Å². The third kappa shape index (κ3) is 5.56. The fraction of sp³-hybridized carbons (Fsp3) is 0.265. The zero-order valence-electron chi connectivity index (χ0n) is 25.4. The van der Waals surface area contributed by atoms with Crippen molar-refractivity contribution in [2.75, 3.05) is 11.4 Å². The number of carbonyl (C=O) groups is 2. The lowest BCUT2D eigenvalue weighted by molar-refractivity contribution is -0.137. The van der Waals surface area contributed by atoms with Crippen LogP contribution < -0.4 is 4.90 Å². The Hall–Kier alpha value is -4.97. The van der Waals surface area contributed by atoms with Gasteiger partial charge in [0, 0.05) is 35.7 Å². The Morgan fingerprint density at radius 2 is 1.79 bits per heavy atom. The van der Waals surface area contributed by atoms with Gasteiger partial charge < -0.3 is 9.88 Å². The van der Waals surface area contributed by atoms with Gasteiger partial charge in [-0.3, -0.25) is 14.5 Å². The number of aromatic amines is 1. The maximum Gasteiger partial charge on any atom is 0.417 e. The number of amides is 2. The van der Waals surface area contributed by atoms with Gasteiger partial charge in [0.1, 0.15) is 11.6 Å². The Morgan fingerprint density at radius 1 is 1.04 bits per heavy atom. The topological polar surface area (TPSA) is 100 Å². The Bertz CT molecular complexity index is 1970. The molecule has 0 saturated carbocycles. The number of halogens is 4. The minimum Gasteiger partial charge on any atom is -0.334 e. The molecule has 4 heterocycles. The summed E-state index contributed by atoms with van der Waals surface area (Å²) in [5.74, 6) is 0.666. The lowest BCUT2D eigenvalue weighted by Gasteiger charge is -2.47. The lowest BCUT2D eigenvalue weighted by Crippen LogP contribution is -2.56. The summed E-state index contributed by atoms with van der Waals surface area (Å²) >= 11 is 5.82. The Morgan fingerprint density at radius 3 is 2.47 bits per heavy atom. The van der Waals surface area contributed by atoms with Gasteiger partial charge in [-0.05, 0) is 68.3 Å². The van der Waals surface area contributed by atoms with E-state index in [4.69, 9.17) is 16.7 Å². The Kier molecular flexibility index (Phi) is 7.62. The largest absolute Gasteiger partial charge is 0.417 e. The fourth-order valence-corrected chi connectivity index (χ4v) is 6.81. The molecule has 47 heavy (non-hydrogen) atoms. The minimum absolute atomic E-state index is 0.0947. The molecule has 2 aliphatic heterocycles. The molecule has 2 unspecified atom stereocenters.